The number of imide groups is 1. The topological polar surface area (TPSA) is 113 Å². The van der Waals surface area contributed by atoms with Crippen LogP contribution in [0.3, 0.4) is 0 Å². The molecule has 0 aromatic carbocycles. The molecule has 1 fully saturated rings. The number of carboxylic acids is 1. The fraction of sp³-hybridized carbons (Fsp3) is 0.455. The number of hydrogen-bond donors (Lipinski definition) is 2. The van der Waals surface area contributed by atoms with Gasteiger partial charge in [0.05, 0.1) is 6.54 Å². The van der Waals surface area contributed by atoms with Gasteiger partial charge in [-0.1, -0.05) is 18.5 Å². The summed E-state index contributed by atoms with van der Waals surface area (Å²) in [4.78, 5) is 35.2. The third kappa shape index (κ3) is 2.56. The minimum Gasteiger partial charge on any atom is -0.476 e. The van der Waals surface area contributed by atoms with E-state index >= 15 is 0 Å². The first-order valence-corrected chi connectivity index (χ1v) is 5.83. The molecule has 1 aliphatic heterocycles. The molecular formula is C11H13N3O5. The highest BCUT2D eigenvalue weighted by atomic mass is 16.5. The van der Waals surface area contributed by atoms with E-state index in [-0.39, 0.29) is 23.9 Å². The van der Waals surface area contributed by atoms with Crippen LogP contribution < -0.4 is 5.32 Å². The summed E-state index contributed by atoms with van der Waals surface area (Å²) in [5, 5.41) is 14.6. The van der Waals surface area contributed by atoms with E-state index in [1.54, 1.807) is 0 Å². The van der Waals surface area contributed by atoms with Crippen molar-refractivity contribution in [2.45, 2.75) is 32.4 Å². The molecule has 1 atom stereocenters. The van der Waals surface area contributed by atoms with E-state index in [0.29, 0.717) is 6.42 Å². The average molecular weight is 267 g/mol. The molecule has 3 amide bonds. The molecule has 102 valence electrons. The Bertz CT molecular complexity index is 524. The maximum absolute atomic E-state index is 11.9. The number of carboxylic acid groups (broad SMARTS) is 1. The molecule has 8 heteroatoms. The SMILES string of the molecule is CCCC1NC(=O)N(Cc2cc(C(=O)O)no2)C1=O. The number of carbonyl (C=O) groups is 3. The van der Waals surface area contributed by atoms with E-state index in [0.717, 1.165) is 11.3 Å². The van der Waals surface area contributed by atoms with Crippen LogP contribution in [0.2, 0.25) is 0 Å². The van der Waals surface area contributed by atoms with Crippen LogP contribution in [0.15, 0.2) is 10.6 Å². The van der Waals surface area contributed by atoms with Crippen LogP contribution >= 0.6 is 0 Å². The minimum atomic E-state index is -1.23. The average Bonchev–Trinajstić information content (AvgIpc) is 2.91. The van der Waals surface area contributed by atoms with Crippen molar-refractivity contribution in [2.24, 2.45) is 0 Å². The van der Waals surface area contributed by atoms with Crippen LogP contribution in [0, 0.1) is 0 Å². The maximum atomic E-state index is 11.9. The van der Waals surface area contributed by atoms with E-state index in [2.05, 4.69) is 10.5 Å². The highest BCUT2D eigenvalue weighted by Gasteiger charge is 2.37. The van der Waals surface area contributed by atoms with E-state index in [1.165, 1.54) is 6.07 Å². The van der Waals surface area contributed by atoms with Gasteiger partial charge in [-0.25, -0.2) is 9.59 Å². The zero-order chi connectivity index (χ0) is 14.0. The first kappa shape index (κ1) is 13.1. The van der Waals surface area contributed by atoms with Crippen molar-refractivity contribution in [3.05, 3.63) is 17.5 Å². The Morgan fingerprint density at radius 3 is 2.89 bits per heavy atom. The second-order valence-electron chi connectivity index (χ2n) is 4.20. The van der Waals surface area contributed by atoms with Gasteiger partial charge in [0, 0.05) is 6.07 Å². The molecule has 1 aromatic heterocycles. The Balaban J connectivity index is 2.07. The summed E-state index contributed by atoms with van der Waals surface area (Å²) >= 11 is 0. The molecule has 0 saturated carbocycles. The molecular weight excluding hydrogens is 254 g/mol. The second kappa shape index (κ2) is 5.09. The van der Waals surface area contributed by atoms with Crippen molar-refractivity contribution < 1.29 is 24.0 Å². The lowest BCUT2D eigenvalue weighted by Gasteiger charge is -2.10. The van der Waals surface area contributed by atoms with Crippen LogP contribution in [-0.4, -0.2) is 39.1 Å². The lowest BCUT2D eigenvalue weighted by atomic mass is 10.2. The van der Waals surface area contributed by atoms with Gasteiger partial charge in [0.2, 0.25) is 0 Å². The summed E-state index contributed by atoms with van der Waals surface area (Å²) in [6, 6.07) is 0.173. The van der Waals surface area contributed by atoms with Gasteiger partial charge >= 0.3 is 12.0 Å². The van der Waals surface area contributed by atoms with Gasteiger partial charge < -0.3 is 14.9 Å². The molecule has 1 aromatic rings. The van der Waals surface area contributed by atoms with Crippen LogP contribution in [0.1, 0.15) is 36.0 Å². The third-order valence-electron chi connectivity index (χ3n) is 2.78. The normalized spacial score (nSPS) is 18.8. The molecule has 8 nitrogen and oxygen atoms in total. The van der Waals surface area contributed by atoms with Crippen LogP contribution in [0.25, 0.3) is 0 Å². The van der Waals surface area contributed by atoms with E-state index in [9.17, 15) is 14.4 Å². The molecule has 0 spiro atoms. The van der Waals surface area contributed by atoms with Gasteiger partial charge in [-0.2, -0.15) is 0 Å². The van der Waals surface area contributed by atoms with Crippen LogP contribution in [0.5, 0.6) is 0 Å². The Morgan fingerprint density at radius 1 is 1.58 bits per heavy atom. The summed E-state index contributed by atoms with van der Waals surface area (Å²) < 4.78 is 4.78. The molecule has 1 aliphatic rings. The molecule has 0 aliphatic carbocycles. The number of urea groups is 1. The summed E-state index contributed by atoms with van der Waals surface area (Å²) in [7, 11) is 0. The van der Waals surface area contributed by atoms with Crippen LogP contribution in [0.4, 0.5) is 4.79 Å². The maximum Gasteiger partial charge on any atom is 0.358 e. The predicted molar refractivity (Wildman–Crippen MR) is 61.2 cm³/mol. The van der Waals surface area contributed by atoms with Gasteiger partial charge in [-0.3, -0.25) is 9.69 Å². The molecule has 2 N–H and O–H groups in total. The summed E-state index contributed by atoms with van der Waals surface area (Å²) in [6.45, 7) is 1.79. The Kier molecular flexibility index (Phi) is 3.50. The number of nitrogens with zero attached hydrogens (tertiary/aromatic N) is 2. The summed E-state index contributed by atoms with van der Waals surface area (Å²) in [5.41, 5.74) is -0.257. The van der Waals surface area contributed by atoms with E-state index in [4.69, 9.17) is 9.63 Å². The van der Waals surface area contributed by atoms with Crippen molar-refractivity contribution in [2.75, 3.05) is 0 Å². The summed E-state index contributed by atoms with van der Waals surface area (Å²) in [6.07, 6.45) is 1.34. The molecule has 1 unspecified atom stereocenters. The molecule has 0 radical (unpaired) electrons. The molecule has 2 rings (SSSR count). The van der Waals surface area contributed by atoms with Gasteiger partial charge in [-0.15, -0.1) is 0 Å². The Hall–Kier alpha value is -2.38. The molecule has 19 heavy (non-hydrogen) atoms. The van der Waals surface area contributed by atoms with Gasteiger partial charge in [-0.05, 0) is 6.42 Å². The first-order chi connectivity index (χ1) is 9.02. The van der Waals surface area contributed by atoms with Crippen molar-refractivity contribution in [1.29, 1.82) is 0 Å². The number of aromatic nitrogens is 1. The van der Waals surface area contributed by atoms with Crippen molar-refractivity contribution in [3.63, 3.8) is 0 Å². The fourth-order valence-electron chi connectivity index (χ4n) is 1.86. The Labute approximate surface area is 108 Å². The first-order valence-electron chi connectivity index (χ1n) is 5.83. The highest BCUT2D eigenvalue weighted by Crippen LogP contribution is 2.15. The minimum absolute atomic E-state index is 0.120. The van der Waals surface area contributed by atoms with Crippen molar-refractivity contribution in [1.82, 2.24) is 15.4 Å². The smallest absolute Gasteiger partial charge is 0.358 e. The van der Waals surface area contributed by atoms with Gasteiger partial charge in [0.1, 0.15) is 6.04 Å². The number of aromatic carboxylic acids is 1. The van der Waals surface area contributed by atoms with Crippen LogP contribution in [-0.2, 0) is 11.3 Å². The lowest BCUT2D eigenvalue weighted by Crippen LogP contribution is -2.30. The quantitative estimate of drug-likeness (QED) is 0.755. The monoisotopic (exact) mass is 267 g/mol. The molecule has 2 heterocycles. The largest absolute Gasteiger partial charge is 0.476 e. The zero-order valence-corrected chi connectivity index (χ0v) is 10.3. The lowest BCUT2D eigenvalue weighted by molar-refractivity contribution is -0.128. The number of rotatable bonds is 5. The molecule has 0 bridgehead atoms. The zero-order valence-electron chi connectivity index (χ0n) is 10.3. The van der Waals surface area contributed by atoms with E-state index in [1.807, 2.05) is 6.92 Å². The highest BCUT2D eigenvalue weighted by molar-refractivity contribution is 6.04. The predicted octanol–water partition coefficient (Wildman–Crippen LogP) is 0.593. The van der Waals surface area contributed by atoms with E-state index < -0.39 is 18.0 Å². The number of nitrogens with one attached hydrogen (secondary N) is 1. The number of carbonyl (C=O) groups excluding carboxylic acids is 2. The van der Waals surface area contributed by atoms with Crippen molar-refractivity contribution >= 4 is 17.9 Å². The Morgan fingerprint density at radius 2 is 2.32 bits per heavy atom. The number of hydrogen-bond acceptors (Lipinski definition) is 5. The third-order valence-corrected chi connectivity index (χ3v) is 2.78. The fourth-order valence-corrected chi connectivity index (χ4v) is 1.86. The summed E-state index contributed by atoms with van der Waals surface area (Å²) in [5.74, 6) is -1.41. The molecule has 1 saturated heterocycles. The second-order valence-corrected chi connectivity index (χ2v) is 4.20. The van der Waals surface area contributed by atoms with Crippen molar-refractivity contribution in [3.8, 4) is 0 Å². The van der Waals surface area contributed by atoms with Gasteiger partial charge in [0.25, 0.3) is 5.91 Å². The number of amides is 3. The van der Waals surface area contributed by atoms with Gasteiger partial charge in [0.15, 0.2) is 11.5 Å². The standard InChI is InChI=1S/C11H13N3O5/c1-2-3-7-9(15)14(11(18)12-7)5-6-4-8(10(16)17)13-19-6/h4,7H,2-3,5H2,1H3,(H,12,18)(H,16,17).